The van der Waals surface area contributed by atoms with Gasteiger partial charge in [-0.15, -0.1) is 0 Å². The summed E-state index contributed by atoms with van der Waals surface area (Å²) in [6.07, 6.45) is 5.58. The first-order chi connectivity index (χ1) is 15.3. The molecule has 0 saturated carbocycles. The standard InChI is InChI=1S/C23H34N4O4S/c1-16(2)22-25-23(31-26-22)27-12-10-17(11-13-27)15-30-19-6-9-21(24-14-19)18-4-7-20(8-5-18)32(3,28)29/h4-5,7-8,16-17,19,21,24H,6,9-15H2,1-3H3. The number of nitrogens with zero attached hydrogens (tertiary/aromatic N) is 3. The molecule has 0 aliphatic carbocycles. The Morgan fingerprint density at radius 2 is 1.88 bits per heavy atom. The van der Waals surface area contributed by atoms with Gasteiger partial charge < -0.3 is 19.5 Å². The van der Waals surface area contributed by atoms with Crippen molar-refractivity contribution in [1.29, 1.82) is 0 Å². The Balaban J connectivity index is 1.18. The van der Waals surface area contributed by atoms with Crippen LogP contribution in [0.1, 0.15) is 62.9 Å². The number of nitrogens with one attached hydrogen (secondary N) is 1. The van der Waals surface area contributed by atoms with Crippen molar-refractivity contribution < 1.29 is 17.7 Å². The molecule has 0 spiro atoms. The van der Waals surface area contributed by atoms with Crippen LogP contribution in [0.4, 0.5) is 6.01 Å². The van der Waals surface area contributed by atoms with E-state index in [1.807, 2.05) is 12.1 Å². The van der Waals surface area contributed by atoms with Gasteiger partial charge in [-0.05, 0) is 49.3 Å². The molecule has 1 N–H and O–H groups in total. The van der Waals surface area contributed by atoms with E-state index in [0.717, 1.165) is 63.3 Å². The number of ether oxygens (including phenoxy) is 1. The maximum absolute atomic E-state index is 11.6. The monoisotopic (exact) mass is 462 g/mol. The topological polar surface area (TPSA) is 97.6 Å². The minimum Gasteiger partial charge on any atom is -0.377 e. The van der Waals surface area contributed by atoms with Crippen LogP contribution >= 0.6 is 0 Å². The molecule has 2 unspecified atom stereocenters. The Morgan fingerprint density at radius 3 is 2.44 bits per heavy atom. The highest BCUT2D eigenvalue weighted by Crippen LogP contribution is 2.27. The number of hydrogen-bond donors (Lipinski definition) is 1. The Kier molecular flexibility index (Phi) is 7.17. The summed E-state index contributed by atoms with van der Waals surface area (Å²) in [6.45, 7) is 7.57. The van der Waals surface area contributed by atoms with Crippen molar-refractivity contribution in [3.63, 3.8) is 0 Å². The predicted octanol–water partition coefficient (Wildman–Crippen LogP) is 3.32. The average molecular weight is 463 g/mol. The van der Waals surface area contributed by atoms with Crippen LogP contribution in [0.5, 0.6) is 0 Å². The number of aromatic nitrogens is 2. The summed E-state index contributed by atoms with van der Waals surface area (Å²) in [5, 5.41) is 7.63. The Labute approximate surface area is 190 Å². The number of rotatable bonds is 7. The van der Waals surface area contributed by atoms with Crippen LogP contribution in [0.15, 0.2) is 33.7 Å². The lowest BCUT2D eigenvalue weighted by Gasteiger charge is -2.33. The van der Waals surface area contributed by atoms with Crippen LogP contribution in [0.25, 0.3) is 0 Å². The molecule has 0 bridgehead atoms. The van der Waals surface area contributed by atoms with Crippen LogP contribution in [0.3, 0.4) is 0 Å². The van der Waals surface area contributed by atoms with Gasteiger partial charge in [-0.2, -0.15) is 4.98 Å². The fraction of sp³-hybridized carbons (Fsp3) is 0.652. The third kappa shape index (κ3) is 5.68. The third-order valence-corrected chi connectivity index (χ3v) is 7.61. The molecule has 32 heavy (non-hydrogen) atoms. The SMILES string of the molecule is CC(C)c1noc(N2CCC(COC3CCC(c4ccc(S(C)(=O)=O)cc4)NC3)CC2)n1. The van der Waals surface area contributed by atoms with E-state index in [4.69, 9.17) is 9.26 Å². The van der Waals surface area contributed by atoms with E-state index in [9.17, 15) is 8.42 Å². The Bertz CT molecular complexity index is 974. The van der Waals surface area contributed by atoms with Crippen molar-refractivity contribution in [2.75, 3.05) is 37.4 Å². The zero-order valence-electron chi connectivity index (χ0n) is 19.2. The number of anilines is 1. The highest BCUT2D eigenvalue weighted by atomic mass is 32.2. The molecule has 8 nitrogen and oxygen atoms in total. The lowest BCUT2D eigenvalue weighted by molar-refractivity contribution is 0.00472. The molecule has 3 heterocycles. The Morgan fingerprint density at radius 1 is 1.16 bits per heavy atom. The van der Waals surface area contributed by atoms with Crippen molar-refractivity contribution in [2.45, 2.75) is 62.5 Å². The van der Waals surface area contributed by atoms with Gasteiger partial charge in [-0.3, -0.25) is 0 Å². The van der Waals surface area contributed by atoms with Gasteiger partial charge in [0.1, 0.15) is 0 Å². The summed E-state index contributed by atoms with van der Waals surface area (Å²) in [4.78, 5) is 7.05. The zero-order valence-corrected chi connectivity index (χ0v) is 20.0. The van der Waals surface area contributed by atoms with Crippen LogP contribution < -0.4 is 10.2 Å². The summed E-state index contributed by atoms with van der Waals surface area (Å²) in [6, 6.07) is 8.10. The molecule has 9 heteroatoms. The molecule has 2 aliphatic rings. The maximum Gasteiger partial charge on any atom is 0.324 e. The van der Waals surface area contributed by atoms with E-state index < -0.39 is 9.84 Å². The second-order valence-corrected chi connectivity index (χ2v) is 11.4. The van der Waals surface area contributed by atoms with E-state index in [-0.39, 0.29) is 18.1 Å². The summed E-state index contributed by atoms with van der Waals surface area (Å²) in [7, 11) is -3.15. The third-order valence-electron chi connectivity index (χ3n) is 6.48. The first kappa shape index (κ1) is 23.2. The van der Waals surface area contributed by atoms with Crippen LogP contribution in [0.2, 0.25) is 0 Å². The minimum absolute atomic E-state index is 0.226. The smallest absolute Gasteiger partial charge is 0.324 e. The van der Waals surface area contributed by atoms with E-state index in [2.05, 4.69) is 34.2 Å². The summed E-state index contributed by atoms with van der Waals surface area (Å²) in [5.41, 5.74) is 1.13. The number of sulfone groups is 1. The van der Waals surface area contributed by atoms with E-state index >= 15 is 0 Å². The number of piperidine rings is 2. The van der Waals surface area contributed by atoms with Crippen LogP contribution in [-0.4, -0.2) is 57.2 Å². The second kappa shape index (κ2) is 9.89. The van der Waals surface area contributed by atoms with E-state index in [1.165, 1.54) is 6.26 Å². The van der Waals surface area contributed by atoms with Gasteiger partial charge in [-0.25, -0.2) is 8.42 Å². The van der Waals surface area contributed by atoms with Crippen molar-refractivity contribution in [3.05, 3.63) is 35.7 Å². The molecule has 0 radical (unpaired) electrons. The predicted molar refractivity (Wildman–Crippen MR) is 123 cm³/mol. The molecular weight excluding hydrogens is 428 g/mol. The van der Waals surface area contributed by atoms with Gasteiger partial charge in [0.2, 0.25) is 0 Å². The first-order valence-corrected chi connectivity index (χ1v) is 13.4. The van der Waals surface area contributed by atoms with Gasteiger partial charge in [0.15, 0.2) is 15.7 Å². The molecule has 2 aromatic rings. The molecule has 2 fully saturated rings. The number of benzene rings is 1. The molecule has 2 saturated heterocycles. The fourth-order valence-corrected chi connectivity index (χ4v) is 4.99. The normalized spacial score (nSPS) is 23.1. The van der Waals surface area contributed by atoms with E-state index in [0.29, 0.717) is 16.8 Å². The quantitative estimate of drug-likeness (QED) is 0.669. The highest BCUT2D eigenvalue weighted by Gasteiger charge is 2.26. The largest absolute Gasteiger partial charge is 0.377 e. The second-order valence-electron chi connectivity index (χ2n) is 9.36. The van der Waals surface area contributed by atoms with Gasteiger partial charge in [-0.1, -0.05) is 31.1 Å². The molecule has 1 aromatic carbocycles. The average Bonchev–Trinajstić information content (AvgIpc) is 3.29. The van der Waals surface area contributed by atoms with Crippen LogP contribution in [-0.2, 0) is 14.6 Å². The molecule has 2 atom stereocenters. The summed E-state index contributed by atoms with van der Waals surface area (Å²) < 4.78 is 34.9. The number of hydrogen-bond acceptors (Lipinski definition) is 8. The lowest BCUT2D eigenvalue weighted by atomic mass is 9.95. The zero-order chi connectivity index (χ0) is 22.7. The molecule has 0 amide bonds. The Hall–Kier alpha value is -1.97. The van der Waals surface area contributed by atoms with Gasteiger partial charge in [0, 0.05) is 44.5 Å². The summed E-state index contributed by atoms with van der Waals surface area (Å²) in [5.74, 6) is 1.59. The van der Waals surface area contributed by atoms with Gasteiger partial charge in [0.05, 0.1) is 11.0 Å². The molecular formula is C23H34N4O4S. The van der Waals surface area contributed by atoms with Crippen molar-refractivity contribution >= 4 is 15.9 Å². The molecule has 1 aromatic heterocycles. The van der Waals surface area contributed by atoms with Crippen molar-refractivity contribution in [3.8, 4) is 0 Å². The van der Waals surface area contributed by atoms with Crippen molar-refractivity contribution in [1.82, 2.24) is 15.5 Å². The van der Waals surface area contributed by atoms with Crippen LogP contribution in [0, 0.1) is 5.92 Å². The first-order valence-electron chi connectivity index (χ1n) is 11.5. The molecule has 4 rings (SSSR count). The molecule has 176 valence electrons. The summed E-state index contributed by atoms with van der Waals surface area (Å²) >= 11 is 0. The van der Waals surface area contributed by atoms with Gasteiger partial charge in [0.25, 0.3) is 0 Å². The van der Waals surface area contributed by atoms with E-state index in [1.54, 1.807) is 12.1 Å². The van der Waals surface area contributed by atoms with Gasteiger partial charge >= 0.3 is 6.01 Å². The lowest BCUT2D eigenvalue weighted by Crippen LogP contribution is -2.40. The maximum atomic E-state index is 11.6. The fourth-order valence-electron chi connectivity index (χ4n) is 4.36. The van der Waals surface area contributed by atoms with Crippen molar-refractivity contribution in [2.24, 2.45) is 5.92 Å². The highest BCUT2D eigenvalue weighted by molar-refractivity contribution is 7.90. The molecule has 2 aliphatic heterocycles. The minimum atomic E-state index is -3.15.